The summed E-state index contributed by atoms with van der Waals surface area (Å²) >= 11 is 0. The van der Waals surface area contributed by atoms with Crippen LogP contribution in [0.5, 0.6) is 0 Å². The van der Waals surface area contributed by atoms with E-state index in [1.165, 1.54) is 19.4 Å². The molecule has 0 fully saturated rings. The molecule has 0 aliphatic heterocycles. The van der Waals surface area contributed by atoms with Crippen LogP contribution in [0.2, 0.25) is 0 Å². The zero-order valence-electron chi connectivity index (χ0n) is 17.5. The lowest BCUT2D eigenvalue weighted by molar-refractivity contribution is 0.0600. The Morgan fingerprint density at radius 2 is 1.78 bits per heavy atom. The molecule has 0 aliphatic rings. The number of aryl methyl sites for hydroxylation is 1. The standard InChI is InChI=1S/C24H20N4O4/c1-15-8-6-7-11-18(15)21-19(14-28(27-21)17-9-4-3-5-10-17)22(29)26-20-12-16(24(31)32-2)13-25-23(20)30/h3-14H,1-2H3,(H,25,30)(H,26,29). The number of hydrogen-bond donors (Lipinski definition) is 2. The minimum absolute atomic E-state index is 0.0684. The molecule has 2 N–H and O–H groups in total. The van der Waals surface area contributed by atoms with Gasteiger partial charge in [0.25, 0.3) is 11.5 Å². The molecule has 0 atom stereocenters. The molecule has 0 unspecified atom stereocenters. The van der Waals surface area contributed by atoms with Crippen LogP contribution in [-0.2, 0) is 4.74 Å². The van der Waals surface area contributed by atoms with Crippen molar-refractivity contribution < 1.29 is 14.3 Å². The fourth-order valence-corrected chi connectivity index (χ4v) is 3.29. The van der Waals surface area contributed by atoms with Gasteiger partial charge < -0.3 is 15.0 Å². The largest absolute Gasteiger partial charge is 0.465 e. The molecule has 0 spiro atoms. The number of ether oxygens (including phenoxy) is 1. The van der Waals surface area contributed by atoms with Crippen molar-refractivity contribution in [3.8, 4) is 16.9 Å². The second-order valence-electron chi connectivity index (χ2n) is 7.06. The number of nitrogens with one attached hydrogen (secondary N) is 2. The predicted molar refractivity (Wildman–Crippen MR) is 120 cm³/mol. The molecule has 8 heteroatoms. The number of aromatic amines is 1. The fraction of sp³-hybridized carbons (Fsp3) is 0.0833. The Morgan fingerprint density at radius 3 is 2.50 bits per heavy atom. The maximum atomic E-state index is 13.2. The number of aromatic nitrogens is 3. The number of methoxy groups -OCH3 is 1. The first-order valence-corrected chi connectivity index (χ1v) is 9.81. The van der Waals surface area contributed by atoms with Crippen molar-refractivity contribution in [1.82, 2.24) is 14.8 Å². The maximum Gasteiger partial charge on any atom is 0.339 e. The summed E-state index contributed by atoms with van der Waals surface area (Å²) in [6.07, 6.45) is 2.85. The van der Waals surface area contributed by atoms with Crippen LogP contribution in [0, 0.1) is 6.92 Å². The normalized spacial score (nSPS) is 10.6. The molecule has 0 aliphatic carbocycles. The topological polar surface area (TPSA) is 106 Å². The van der Waals surface area contributed by atoms with Gasteiger partial charge in [0.1, 0.15) is 11.4 Å². The highest BCUT2D eigenvalue weighted by molar-refractivity contribution is 6.08. The molecule has 2 aromatic heterocycles. The number of amides is 1. The summed E-state index contributed by atoms with van der Waals surface area (Å²) < 4.78 is 6.29. The van der Waals surface area contributed by atoms with Gasteiger partial charge in [-0.15, -0.1) is 0 Å². The first-order valence-electron chi connectivity index (χ1n) is 9.81. The van der Waals surface area contributed by atoms with Gasteiger partial charge in [0.2, 0.25) is 0 Å². The van der Waals surface area contributed by atoms with Gasteiger partial charge in [0.05, 0.1) is 23.9 Å². The van der Waals surface area contributed by atoms with Crippen molar-refractivity contribution in [3.05, 3.63) is 100 Å². The molecule has 0 saturated heterocycles. The van der Waals surface area contributed by atoms with E-state index in [0.29, 0.717) is 5.69 Å². The SMILES string of the molecule is COC(=O)c1c[nH]c(=O)c(NC(=O)c2cn(-c3ccccc3)nc2-c2ccccc2C)c1. The van der Waals surface area contributed by atoms with Crippen LogP contribution in [-0.4, -0.2) is 33.8 Å². The van der Waals surface area contributed by atoms with Gasteiger partial charge in [0.15, 0.2) is 0 Å². The average Bonchev–Trinajstić information content (AvgIpc) is 3.26. The molecule has 0 radical (unpaired) electrons. The van der Waals surface area contributed by atoms with E-state index < -0.39 is 17.4 Å². The zero-order chi connectivity index (χ0) is 22.7. The van der Waals surface area contributed by atoms with Gasteiger partial charge in [-0.1, -0.05) is 42.5 Å². The Bertz CT molecular complexity index is 1360. The van der Waals surface area contributed by atoms with Crippen molar-refractivity contribution in [2.75, 3.05) is 12.4 Å². The number of pyridine rings is 1. The van der Waals surface area contributed by atoms with Crippen molar-refractivity contribution in [1.29, 1.82) is 0 Å². The highest BCUT2D eigenvalue weighted by Crippen LogP contribution is 2.27. The van der Waals surface area contributed by atoms with Crippen LogP contribution < -0.4 is 10.9 Å². The number of benzene rings is 2. The van der Waals surface area contributed by atoms with Gasteiger partial charge in [-0.25, -0.2) is 9.48 Å². The number of H-pyrrole nitrogens is 1. The van der Waals surface area contributed by atoms with Gasteiger partial charge in [-0.2, -0.15) is 5.10 Å². The molecule has 2 aromatic carbocycles. The molecule has 1 amide bonds. The summed E-state index contributed by atoms with van der Waals surface area (Å²) in [5, 5.41) is 7.25. The molecule has 8 nitrogen and oxygen atoms in total. The van der Waals surface area contributed by atoms with E-state index in [-0.39, 0.29) is 16.8 Å². The van der Waals surface area contributed by atoms with E-state index in [0.717, 1.165) is 16.8 Å². The Labute approximate surface area is 183 Å². The lowest BCUT2D eigenvalue weighted by Crippen LogP contribution is -2.21. The summed E-state index contributed by atoms with van der Waals surface area (Å²) in [5.41, 5.74) is 2.79. The number of hydrogen-bond acceptors (Lipinski definition) is 5. The lowest BCUT2D eigenvalue weighted by atomic mass is 10.0. The van der Waals surface area contributed by atoms with Crippen LogP contribution >= 0.6 is 0 Å². The Morgan fingerprint density at radius 1 is 1.06 bits per heavy atom. The summed E-state index contributed by atoms with van der Waals surface area (Å²) in [5.74, 6) is -1.16. The number of anilines is 1. The van der Waals surface area contributed by atoms with E-state index in [9.17, 15) is 14.4 Å². The smallest absolute Gasteiger partial charge is 0.339 e. The van der Waals surface area contributed by atoms with Crippen molar-refractivity contribution >= 4 is 17.6 Å². The molecule has 2 heterocycles. The van der Waals surface area contributed by atoms with Gasteiger partial charge in [0, 0.05) is 18.0 Å². The van der Waals surface area contributed by atoms with Crippen molar-refractivity contribution in [3.63, 3.8) is 0 Å². The number of para-hydroxylation sites is 1. The Kier molecular flexibility index (Phi) is 5.67. The Balaban J connectivity index is 1.78. The number of nitrogens with zero attached hydrogens (tertiary/aromatic N) is 2. The van der Waals surface area contributed by atoms with Gasteiger partial charge in [-0.05, 0) is 30.7 Å². The molecule has 32 heavy (non-hydrogen) atoms. The van der Waals surface area contributed by atoms with Crippen LogP contribution in [0.25, 0.3) is 16.9 Å². The van der Waals surface area contributed by atoms with Crippen LogP contribution in [0.4, 0.5) is 5.69 Å². The minimum atomic E-state index is -0.630. The van der Waals surface area contributed by atoms with Gasteiger partial charge in [-0.3, -0.25) is 9.59 Å². The Hall–Kier alpha value is -4.46. The van der Waals surface area contributed by atoms with E-state index in [1.54, 1.807) is 10.9 Å². The van der Waals surface area contributed by atoms with E-state index >= 15 is 0 Å². The van der Waals surface area contributed by atoms with E-state index in [1.807, 2.05) is 61.5 Å². The molecule has 4 aromatic rings. The predicted octanol–water partition coefficient (Wildman–Crippen LogP) is 3.57. The van der Waals surface area contributed by atoms with Crippen molar-refractivity contribution in [2.24, 2.45) is 0 Å². The molecular formula is C24H20N4O4. The highest BCUT2D eigenvalue weighted by atomic mass is 16.5. The molecule has 4 rings (SSSR count). The summed E-state index contributed by atoms with van der Waals surface area (Å²) in [6.45, 7) is 1.93. The number of esters is 1. The van der Waals surface area contributed by atoms with E-state index in [4.69, 9.17) is 0 Å². The third kappa shape index (κ3) is 4.06. The summed E-state index contributed by atoms with van der Waals surface area (Å²) in [6, 6.07) is 18.3. The molecular weight excluding hydrogens is 408 g/mol. The monoisotopic (exact) mass is 428 g/mol. The quantitative estimate of drug-likeness (QED) is 0.473. The third-order valence-corrected chi connectivity index (χ3v) is 4.95. The maximum absolute atomic E-state index is 13.2. The summed E-state index contributed by atoms with van der Waals surface area (Å²) in [4.78, 5) is 39.7. The number of carbonyl (C=O) groups is 2. The fourth-order valence-electron chi connectivity index (χ4n) is 3.29. The number of rotatable bonds is 5. The number of carbonyl (C=O) groups excluding carboxylic acids is 2. The minimum Gasteiger partial charge on any atom is -0.465 e. The average molecular weight is 428 g/mol. The second-order valence-corrected chi connectivity index (χ2v) is 7.06. The second kappa shape index (κ2) is 8.73. The van der Waals surface area contributed by atoms with Crippen molar-refractivity contribution in [2.45, 2.75) is 6.92 Å². The first kappa shape index (κ1) is 20.8. The zero-order valence-corrected chi connectivity index (χ0v) is 17.5. The molecule has 160 valence electrons. The lowest BCUT2D eigenvalue weighted by Gasteiger charge is -2.07. The van der Waals surface area contributed by atoms with Crippen LogP contribution in [0.3, 0.4) is 0 Å². The summed E-state index contributed by atoms with van der Waals surface area (Å²) in [7, 11) is 1.23. The highest BCUT2D eigenvalue weighted by Gasteiger charge is 2.21. The first-order chi connectivity index (χ1) is 15.5. The van der Waals surface area contributed by atoms with Gasteiger partial charge >= 0.3 is 5.97 Å². The molecule has 0 saturated carbocycles. The van der Waals surface area contributed by atoms with E-state index in [2.05, 4.69) is 20.1 Å². The third-order valence-electron chi connectivity index (χ3n) is 4.95. The van der Waals surface area contributed by atoms with Crippen LogP contribution in [0.1, 0.15) is 26.3 Å². The molecule has 0 bridgehead atoms. The van der Waals surface area contributed by atoms with Crippen LogP contribution in [0.15, 0.2) is 77.9 Å².